The molecule has 2 aromatic rings. The van der Waals surface area contributed by atoms with Crippen LogP contribution in [0.25, 0.3) is 0 Å². The summed E-state index contributed by atoms with van der Waals surface area (Å²) in [4.78, 5) is 38.2. The Morgan fingerprint density at radius 3 is 2.32 bits per heavy atom. The zero-order valence-electron chi connectivity index (χ0n) is 18.0. The maximum Gasteiger partial charge on any atom is 0.257 e. The minimum absolute atomic E-state index is 0.162. The van der Waals surface area contributed by atoms with Gasteiger partial charge in [-0.3, -0.25) is 14.4 Å². The smallest absolute Gasteiger partial charge is 0.257 e. The number of nitrogens with zero attached hydrogens (tertiary/aromatic N) is 1. The van der Waals surface area contributed by atoms with E-state index in [1.54, 1.807) is 29.2 Å². The quantitative estimate of drug-likeness (QED) is 0.615. The van der Waals surface area contributed by atoms with Crippen molar-refractivity contribution in [2.24, 2.45) is 0 Å². The van der Waals surface area contributed by atoms with Crippen LogP contribution in [0.1, 0.15) is 34.6 Å². The number of carbonyl (C=O) groups excluding carboxylic acids is 3. The van der Waals surface area contributed by atoms with Gasteiger partial charge in [-0.05, 0) is 50.2 Å². The third-order valence-electron chi connectivity index (χ3n) is 4.57. The number of halogens is 1. The van der Waals surface area contributed by atoms with Gasteiger partial charge in [-0.15, -0.1) is 0 Å². The van der Waals surface area contributed by atoms with Gasteiger partial charge in [0.2, 0.25) is 0 Å². The van der Waals surface area contributed by atoms with Crippen LogP contribution in [-0.4, -0.2) is 56.5 Å². The first-order chi connectivity index (χ1) is 14.8. The molecule has 0 aliphatic carbocycles. The molecule has 0 unspecified atom stereocenters. The van der Waals surface area contributed by atoms with Crippen molar-refractivity contribution in [1.82, 2.24) is 10.2 Å². The molecule has 0 aliphatic rings. The van der Waals surface area contributed by atoms with E-state index in [0.29, 0.717) is 41.4 Å². The predicted molar refractivity (Wildman–Crippen MR) is 119 cm³/mol. The summed E-state index contributed by atoms with van der Waals surface area (Å²) in [5, 5.41) is 5.45. The zero-order valence-corrected chi connectivity index (χ0v) is 18.7. The number of benzene rings is 2. The van der Waals surface area contributed by atoms with Gasteiger partial charge in [-0.2, -0.15) is 0 Å². The summed E-state index contributed by atoms with van der Waals surface area (Å²) in [7, 11) is 2.95. The number of amides is 3. The van der Waals surface area contributed by atoms with Crippen molar-refractivity contribution >= 4 is 35.0 Å². The van der Waals surface area contributed by atoms with Gasteiger partial charge in [0.1, 0.15) is 0 Å². The molecule has 2 N–H and O–H groups in total. The van der Waals surface area contributed by atoms with E-state index in [-0.39, 0.29) is 23.4 Å². The van der Waals surface area contributed by atoms with Gasteiger partial charge in [0.25, 0.3) is 17.7 Å². The lowest BCUT2D eigenvalue weighted by atomic mass is 10.1. The number of hydrogen-bond donors (Lipinski definition) is 2. The summed E-state index contributed by atoms with van der Waals surface area (Å²) in [5.74, 6) is -0.191. The lowest BCUT2D eigenvalue weighted by molar-refractivity contribution is -0.122. The third-order valence-corrected chi connectivity index (χ3v) is 4.88. The molecule has 8 nitrogen and oxygen atoms in total. The fraction of sp³-hybridized carbons (Fsp3) is 0.318. The fourth-order valence-corrected chi connectivity index (χ4v) is 3.06. The Hall–Kier alpha value is -3.26. The molecule has 0 heterocycles. The van der Waals surface area contributed by atoms with Crippen molar-refractivity contribution in [2.45, 2.75) is 13.8 Å². The van der Waals surface area contributed by atoms with E-state index in [1.807, 2.05) is 13.8 Å². The molecule has 0 bridgehead atoms. The summed E-state index contributed by atoms with van der Waals surface area (Å²) in [6.45, 7) is 4.78. The van der Waals surface area contributed by atoms with Crippen LogP contribution in [0.5, 0.6) is 11.5 Å². The Morgan fingerprint density at radius 1 is 1.03 bits per heavy atom. The van der Waals surface area contributed by atoms with Gasteiger partial charge in [0.05, 0.1) is 17.7 Å². The van der Waals surface area contributed by atoms with Crippen LogP contribution in [0.2, 0.25) is 5.02 Å². The molecule has 166 valence electrons. The minimum Gasteiger partial charge on any atom is -0.493 e. The minimum atomic E-state index is -0.393. The Bertz CT molecular complexity index is 960. The highest BCUT2D eigenvalue weighted by Crippen LogP contribution is 2.29. The van der Waals surface area contributed by atoms with E-state index >= 15 is 0 Å². The number of rotatable bonds is 9. The summed E-state index contributed by atoms with van der Waals surface area (Å²) < 4.78 is 10.7. The van der Waals surface area contributed by atoms with E-state index in [9.17, 15) is 14.4 Å². The van der Waals surface area contributed by atoms with Gasteiger partial charge in [0, 0.05) is 31.4 Å². The Labute approximate surface area is 186 Å². The first kappa shape index (κ1) is 24.0. The average Bonchev–Trinajstić information content (AvgIpc) is 2.77. The molecule has 3 amide bonds. The molecule has 2 aromatic carbocycles. The number of ether oxygens (including phenoxy) is 2. The number of hydrogen-bond acceptors (Lipinski definition) is 5. The topological polar surface area (TPSA) is 97.0 Å². The molecule has 0 atom stereocenters. The molecule has 0 saturated heterocycles. The van der Waals surface area contributed by atoms with Crippen molar-refractivity contribution < 1.29 is 23.9 Å². The number of likely N-dealkylation sites (N-methyl/N-ethyl adjacent to an activating group) is 1. The van der Waals surface area contributed by atoms with Crippen molar-refractivity contribution in [1.29, 1.82) is 0 Å². The predicted octanol–water partition coefficient (Wildman–Crippen LogP) is 3.21. The monoisotopic (exact) mass is 447 g/mol. The average molecular weight is 448 g/mol. The van der Waals surface area contributed by atoms with Crippen LogP contribution in [0.3, 0.4) is 0 Å². The van der Waals surface area contributed by atoms with Crippen LogP contribution in [0.15, 0.2) is 36.4 Å². The first-order valence-electron chi connectivity index (χ1n) is 9.76. The highest BCUT2D eigenvalue weighted by molar-refractivity contribution is 6.34. The summed E-state index contributed by atoms with van der Waals surface area (Å²) in [5.41, 5.74) is 1.15. The van der Waals surface area contributed by atoms with E-state index in [2.05, 4.69) is 10.6 Å². The van der Waals surface area contributed by atoms with Crippen molar-refractivity contribution in [3.05, 3.63) is 52.5 Å². The maximum absolute atomic E-state index is 12.6. The molecule has 2 rings (SSSR count). The molecule has 0 aliphatic heterocycles. The van der Waals surface area contributed by atoms with Crippen molar-refractivity contribution in [3.8, 4) is 11.5 Å². The fourth-order valence-electron chi connectivity index (χ4n) is 2.79. The zero-order chi connectivity index (χ0) is 23.0. The molecular formula is C22H26ClN3O5. The van der Waals surface area contributed by atoms with Crippen molar-refractivity contribution in [2.75, 3.05) is 39.2 Å². The molecule has 0 fully saturated rings. The number of nitrogens with one attached hydrogen (secondary N) is 2. The van der Waals surface area contributed by atoms with E-state index in [0.717, 1.165) is 0 Å². The van der Waals surface area contributed by atoms with E-state index in [1.165, 1.54) is 26.3 Å². The lowest BCUT2D eigenvalue weighted by Crippen LogP contribution is -2.30. The SMILES string of the molecule is CCN(CC)C(=O)c1ccc(NC(=O)c2ccc(OCC(=O)NC)c(OC)c2)cc1Cl. The van der Waals surface area contributed by atoms with Crippen molar-refractivity contribution in [3.63, 3.8) is 0 Å². The largest absolute Gasteiger partial charge is 0.493 e. The Morgan fingerprint density at radius 2 is 1.74 bits per heavy atom. The summed E-state index contributed by atoms with van der Waals surface area (Å²) in [6.07, 6.45) is 0. The molecular weight excluding hydrogens is 422 g/mol. The molecule has 0 saturated carbocycles. The summed E-state index contributed by atoms with van der Waals surface area (Å²) in [6, 6.07) is 9.36. The molecule has 31 heavy (non-hydrogen) atoms. The van der Waals surface area contributed by atoms with E-state index in [4.69, 9.17) is 21.1 Å². The molecule has 0 radical (unpaired) electrons. The van der Waals surface area contributed by atoms with E-state index < -0.39 is 5.91 Å². The molecule has 0 aromatic heterocycles. The second kappa shape index (κ2) is 11.2. The maximum atomic E-state index is 12.6. The van der Waals surface area contributed by atoms with Crippen LogP contribution < -0.4 is 20.1 Å². The second-order valence-electron chi connectivity index (χ2n) is 6.45. The van der Waals surface area contributed by atoms with Crippen LogP contribution in [0, 0.1) is 0 Å². The lowest BCUT2D eigenvalue weighted by Gasteiger charge is -2.19. The number of carbonyl (C=O) groups is 3. The van der Waals surface area contributed by atoms with Gasteiger partial charge < -0.3 is 25.0 Å². The Kier molecular flexibility index (Phi) is 8.69. The van der Waals surface area contributed by atoms with Gasteiger partial charge in [-0.1, -0.05) is 11.6 Å². The van der Waals surface area contributed by atoms with Crippen LogP contribution >= 0.6 is 11.6 Å². The highest BCUT2D eigenvalue weighted by Gasteiger charge is 2.17. The molecule has 9 heteroatoms. The van der Waals surface area contributed by atoms with Gasteiger partial charge in [0.15, 0.2) is 18.1 Å². The van der Waals surface area contributed by atoms with Gasteiger partial charge in [-0.25, -0.2) is 0 Å². The summed E-state index contributed by atoms with van der Waals surface area (Å²) >= 11 is 6.28. The third kappa shape index (κ3) is 6.11. The first-order valence-corrected chi connectivity index (χ1v) is 10.1. The normalized spacial score (nSPS) is 10.2. The second-order valence-corrected chi connectivity index (χ2v) is 6.86. The molecule has 0 spiro atoms. The standard InChI is InChI=1S/C22H26ClN3O5/c1-5-26(6-2)22(29)16-9-8-15(12-17(16)23)25-21(28)14-7-10-18(19(11-14)30-4)31-13-20(27)24-3/h7-12H,5-6,13H2,1-4H3,(H,24,27)(H,25,28). The highest BCUT2D eigenvalue weighted by atomic mass is 35.5. The van der Waals surface area contributed by atoms with Crippen LogP contribution in [-0.2, 0) is 4.79 Å². The number of anilines is 1. The van der Waals surface area contributed by atoms with Crippen LogP contribution in [0.4, 0.5) is 5.69 Å². The Balaban J connectivity index is 2.15. The number of methoxy groups -OCH3 is 1. The van der Waals surface area contributed by atoms with Gasteiger partial charge >= 0.3 is 0 Å².